The van der Waals surface area contributed by atoms with Gasteiger partial charge in [-0.25, -0.2) is 9.78 Å². The van der Waals surface area contributed by atoms with E-state index >= 15 is 0 Å². The number of carboxylic acid groups (broad SMARTS) is 1. The molecule has 1 fully saturated rings. The Hall–Kier alpha value is -1.14. The van der Waals surface area contributed by atoms with E-state index in [1.54, 1.807) is 4.90 Å². The van der Waals surface area contributed by atoms with Crippen molar-refractivity contribution in [3.63, 3.8) is 0 Å². The molecule has 3 rings (SSSR count). The third-order valence-corrected chi connectivity index (χ3v) is 5.53. The van der Waals surface area contributed by atoms with Crippen LogP contribution in [-0.4, -0.2) is 53.2 Å². The first-order chi connectivity index (χ1) is 9.47. The largest absolute Gasteiger partial charge is 0.465 e. The molecule has 0 saturated carbocycles. The van der Waals surface area contributed by atoms with Gasteiger partial charge in [0, 0.05) is 24.5 Å². The summed E-state index contributed by atoms with van der Waals surface area (Å²) in [6.07, 6.45) is 3.32. The molecule has 1 spiro atoms. The maximum absolute atomic E-state index is 11.0. The predicted molar refractivity (Wildman–Crippen MR) is 78.2 cm³/mol. The van der Waals surface area contributed by atoms with E-state index in [4.69, 9.17) is 10.1 Å². The predicted octanol–water partition coefficient (Wildman–Crippen LogP) is 2.06. The maximum Gasteiger partial charge on any atom is 0.407 e. The third kappa shape index (κ3) is 2.54. The van der Waals surface area contributed by atoms with Gasteiger partial charge in [0.1, 0.15) is 5.01 Å². The summed E-state index contributed by atoms with van der Waals surface area (Å²) in [6, 6.07) is 0. The fourth-order valence-corrected chi connectivity index (χ4v) is 4.71. The number of piperidine rings is 1. The van der Waals surface area contributed by atoms with Crippen molar-refractivity contribution >= 4 is 17.4 Å². The van der Waals surface area contributed by atoms with Gasteiger partial charge in [-0.15, -0.1) is 11.3 Å². The standard InChI is InChI=1S/C14H21N3O2S/c1-16(2)9-12-15-10-7-14(8-11(10)20-12)3-5-17(6-4-14)13(18)19/h3-9H2,1-2H3,(H,18,19). The first-order valence-electron chi connectivity index (χ1n) is 7.07. The highest BCUT2D eigenvalue weighted by atomic mass is 32.1. The fourth-order valence-electron chi connectivity index (χ4n) is 3.34. The van der Waals surface area contributed by atoms with Gasteiger partial charge in [0.2, 0.25) is 0 Å². The quantitative estimate of drug-likeness (QED) is 0.907. The van der Waals surface area contributed by atoms with Crippen LogP contribution in [0.15, 0.2) is 0 Å². The van der Waals surface area contributed by atoms with E-state index in [1.165, 1.54) is 15.6 Å². The molecule has 1 aromatic heterocycles. The van der Waals surface area contributed by atoms with Gasteiger partial charge in [-0.2, -0.15) is 0 Å². The van der Waals surface area contributed by atoms with E-state index < -0.39 is 6.09 Å². The molecule has 0 aromatic carbocycles. The molecule has 2 aliphatic rings. The van der Waals surface area contributed by atoms with Crippen LogP contribution in [0.25, 0.3) is 0 Å². The molecule has 1 amide bonds. The number of thiazole rings is 1. The Morgan fingerprint density at radius 2 is 2.10 bits per heavy atom. The monoisotopic (exact) mass is 295 g/mol. The minimum Gasteiger partial charge on any atom is -0.465 e. The second-order valence-corrected chi connectivity index (χ2v) is 7.51. The second kappa shape index (κ2) is 5.00. The van der Waals surface area contributed by atoms with E-state index in [2.05, 4.69) is 19.0 Å². The first kappa shape index (κ1) is 13.8. The number of likely N-dealkylation sites (tertiary alicyclic amines) is 1. The van der Waals surface area contributed by atoms with E-state index in [0.29, 0.717) is 13.1 Å². The Labute approximate surface area is 123 Å². The average molecular weight is 295 g/mol. The average Bonchev–Trinajstić information content (AvgIpc) is 2.83. The molecule has 20 heavy (non-hydrogen) atoms. The summed E-state index contributed by atoms with van der Waals surface area (Å²) in [7, 11) is 4.13. The number of nitrogens with zero attached hydrogens (tertiary/aromatic N) is 3. The minimum atomic E-state index is -0.779. The van der Waals surface area contributed by atoms with Crippen LogP contribution < -0.4 is 0 Å². The molecule has 0 unspecified atom stereocenters. The van der Waals surface area contributed by atoms with Crippen molar-refractivity contribution in [2.45, 2.75) is 32.2 Å². The SMILES string of the molecule is CN(C)Cc1nc2c(s1)CC1(CCN(C(=O)O)CC1)C2. The number of carbonyl (C=O) groups is 1. The van der Waals surface area contributed by atoms with Crippen molar-refractivity contribution < 1.29 is 9.90 Å². The zero-order valence-corrected chi connectivity index (χ0v) is 12.9. The Morgan fingerprint density at radius 3 is 2.65 bits per heavy atom. The minimum absolute atomic E-state index is 0.288. The van der Waals surface area contributed by atoms with Crippen LogP contribution in [0.3, 0.4) is 0 Å². The van der Waals surface area contributed by atoms with Gasteiger partial charge in [-0.05, 0) is 45.2 Å². The summed E-state index contributed by atoms with van der Waals surface area (Å²) < 4.78 is 0. The highest BCUT2D eigenvalue weighted by Gasteiger charge is 2.42. The number of hydrogen-bond donors (Lipinski definition) is 1. The van der Waals surface area contributed by atoms with Crippen LogP contribution >= 0.6 is 11.3 Å². The number of rotatable bonds is 2. The van der Waals surface area contributed by atoms with E-state index in [-0.39, 0.29) is 5.41 Å². The van der Waals surface area contributed by atoms with Crippen LogP contribution in [0.2, 0.25) is 0 Å². The van der Waals surface area contributed by atoms with Gasteiger partial charge in [-0.1, -0.05) is 0 Å². The molecule has 2 heterocycles. The molecule has 1 aliphatic carbocycles. The van der Waals surface area contributed by atoms with Crippen molar-refractivity contribution in [2.24, 2.45) is 5.41 Å². The molecular weight excluding hydrogens is 274 g/mol. The smallest absolute Gasteiger partial charge is 0.407 e. The Morgan fingerprint density at radius 1 is 1.40 bits per heavy atom. The molecule has 0 radical (unpaired) electrons. The first-order valence-corrected chi connectivity index (χ1v) is 7.89. The van der Waals surface area contributed by atoms with Gasteiger partial charge >= 0.3 is 6.09 Å². The molecule has 1 aromatic rings. The van der Waals surface area contributed by atoms with Crippen LogP contribution in [0.1, 0.15) is 28.4 Å². The van der Waals surface area contributed by atoms with Crippen LogP contribution in [0.4, 0.5) is 4.79 Å². The number of fused-ring (bicyclic) bond motifs is 1. The molecule has 6 heteroatoms. The van der Waals surface area contributed by atoms with Crippen molar-refractivity contribution in [1.82, 2.24) is 14.8 Å². The molecule has 0 atom stereocenters. The number of aromatic nitrogens is 1. The summed E-state index contributed by atoms with van der Waals surface area (Å²) >= 11 is 1.84. The lowest BCUT2D eigenvalue weighted by molar-refractivity contribution is 0.0937. The van der Waals surface area contributed by atoms with Crippen molar-refractivity contribution in [3.8, 4) is 0 Å². The van der Waals surface area contributed by atoms with Gasteiger partial charge < -0.3 is 14.9 Å². The van der Waals surface area contributed by atoms with Crippen LogP contribution in [-0.2, 0) is 19.4 Å². The molecule has 1 saturated heterocycles. The molecule has 5 nitrogen and oxygen atoms in total. The number of amides is 1. The number of hydrogen-bond acceptors (Lipinski definition) is 4. The zero-order chi connectivity index (χ0) is 14.3. The molecule has 110 valence electrons. The molecule has 1 aliphatic heterocycles. The van der Waals surface area contributed by atoms with Crippen LogP contribution in [0, 0.1) is 5.41 Å². The van der Waals surface area contributed by atoms with Gasteiger partial charge in [-0.3, -0.25) is 0 Å². The summed E-state index contributed by atoms with van der Waals surface area (Å²) in [5, 5.41) is 10.2. The second-order valence-electron chi connectivity index (χ2n) is 6.34. The normalized spacial score (nSPS) is 20.6. The summed E-state index contributed by atoms with van der Waals surface area (Å²) in [6.45, 7) is 2.26. The Bertz CT molecular complexity index is 493. The lowest BCUT2D eigenvalue weighted by atomic mass is 9.76. The summed E-state index contributed by atoms with van der Waals surface area (Å²) in [5.41, 5.74) is 1.56. The topological polar surface area (TPSA) is 56.7 Å². The molecule has 1 N–H and O–H groups in total. The Kier molecular flexibility index (Phi) is 3.46. The highest BCUT2D eigenvalue weighted by molar-refractivity contribution is 7.11. The summed E-state index contributed by atoms with van der Waals surface area (Å²) in [4.78, 5) is 20.9. The van der Waals surface area contributed by atoms with Gasteiger partial charge in [0.05, 0.1) is 5.69 Å². The lowest BCUT2D eigenvalue weighted by Crippen LogP contribution is -2.43. The van der Waals surface area contributed by atoms with Crippen molar-refractivity contribution in [1.29, 1.82) is 0 Å². The molecule has 0 bridgehead atoms. The fraction of sp³-hybridized carbons (Fsp3) is 0.714. The maximum atomic E-state index is 11.0. The van der Waals surface area contributed by atoms with Crippen molar-refractivity contribution in [3.05, 3.63) is 15.6 Å². The highest BCUT2D eigenvalue weighted by Crippen LogP contribution is 2.46. The van der Waals surface area contributed by atoms with E-state index in [0.717, 1.165) is 32.2 Å². The lowest BCUT2D eigenvalue weighted by Gasteiger charge is -2.38. The Balaban J connectivity index is 1.66. The summed E-state index contributed by atoms with van der Waals surface area (Å²) in [5.74, 6) is 0. The van der Waals surface area contributed by atoms with Crippen LogP contribution in [0.5, 0.6) is 0 Å². The van der Waals surface area contributed by atoms with E-state index in [1.807, 2.05) is 11.3 Å². The van der Waals surface area contributed by atoms with Gasteiger partial charge in [0.25, 0.3) is 0 Å². The zero-order valence-electron chi connectivity index (χ0n) is 12.1. The molecular formula is C14H21N3O2S. The third-order valence-electron chi connectivity index (χ3n) is 4.45. The van der Waals surface area contributed by atoms with E-state index in [9.17, 15) is 4.79 Å². The van der Waals surface area contributed by atoms with Gasteiger partial charge in [0.15, 0.2) is 0 Å². The van der Waals surface area contributed by atoms with Crippen molar-refractivity contribution in [2.75, 3.05) is 27.2 Å².